The van der Waals surface area contributed by atoms with Gasteiger partial charge in [0.1, 0.15) is 11.3 Å². The van der Waals surface area contributed by atoms with Crippen molar-refractivity contribution in [2.75, 3.05) is 6.54 Å². The van der Waals surface area contributed by atoms with Gasteiger partial charge in [0.05, 0.1) is 0 Å². The Labute approximate surface area is 116 Å². The van der Waals surface area contributed by atoms with E-state index in [1.165, 1.54) is 0 Å². The number of rotatable bonds is 2. The van der Waals surface area contributed by atoms with Crippen molar-refractivity contribution in [3.63, 3.8) is 0 Å². The Morgan fingerprint density at radius 3 is 3.05 bits per heavy atom. The lowest BCUT2D eigenvalue weighted by Gasteiger charge is -2.11. The first kappa shape index (κ1) is 13.6. The van der Waals surface area contributed by atoms with Crippen LogP contribution in [0.5, 0.6) is 0 Å². The van der Waals surface area contributed by atoms with Crippen molar-refractivity contribution >= 4 is 18.3 Å². The number of hydrogen-bond acceptors (Lipinski definition) is 4. The van der Waals surface area contributed by atoms with Gasteiger partial charge in [0, 0.05) is 25.1 Å². The summed E-state index contributed by atoms with van der Waals surface area (Å²) in [5.41, 5.74) is 8.62. The largest absolute Gasteiger partial charge is 0.360 e. The maximum Gasteiger partial charge on any atom is 0.257 e. The highest BCUT2D eigenvalue weighted by atomic mass is 35.5. The maximum absolute atomic E-state index is 11.9. The predicted molar refractivity (Wildman–Crippen MR) is 73.1 cm³/mol. The molecule has 5 nitrogen and oxygen atoms in total. The molecule has 3 rings (SSSR count). The number of fused-ring (bicyclic) bond motifs is 1. The van der Waals surface area contributed by atoms with Gasteiger partial charge in [-0.15, -0.1) is 12.4 Å². The van der Waals surface area contributed by atoms with Crippen molar-refractivity contribution < 1.29 is 9.32 Å². The Balaban J connectivity index is 0.00000133. The van der Waals surface area contributed by atoms with Gasteiger partial charge in [0.25, 0.3) is 5.91 Å². The van der Waals surface area contributed by atoms with E-state index >= 15 is 0 Å². The van der Waals surface area contributed by atoms with Crippen LogP contribution in [0.3, 0.4) is 0 Å². The standard InChI is InChI=1S/C13H13N3O2.ClH/c14-7-8-2-1-3-9(6-8)12-11-10(18-16-12)4-5-15-13(11)17;/h1-3,6H,4-5,7,14H2,(H,15,17);1H. The molecule has 1 aromatic carbocycles. The Kier molecular flexibility index (Phi) is 3.87. The van der Waals surface area contributed by atoms with Crippen LogP contribution in [-0.4, -0.2) is 17.6 Å². The van der Waals surface area contributed by atoms with E-state index in [0.29, 0.717) is 36.5 Å². The van der Waals surface area contributed by atoms with E-state index in [2.05, 4.69) is 10.5 Å². The summed E-state index contributed by atoms with van der Waals surface area (Å²) >= 11 is 0. The van der Waals surface area contributed by atoms with Crippen LogP contribution in [-0.2, 0) is 13.0 Å². The van der Waals surface area contributed by atoms with E-state index < -0.39 is 0 Å². The predicted octanol–water partition coefficient (Wildman–Crippen LogP) is 1.51. The van der Waals surface area contributed by atoms with E-state index in [1.807, 2.05) is 24.3 Å². The first-order valence-electron chi connectivity index (χ1n) is 5.85. The summed E-state index contributed by atoms with van der Waals surface area (Å²) in [4.78, 5) is 11.9. The van der Waals surface area contributed by atoms with Gasteiger partial charge in [0.2, 0.25) is 0 Å². The third kappa shape index (κ3) is 2.34. The van der Waals surface area contributed by atoms with Gasteiger partial charge in [0.15, 0.2) is 5.76 Å². The van der Waals surface area contributed by atoms with Crippen molar-refractivity contribution in [1.82, 2.24) is 10.5 Å². The lowest BCUT2D eigenvalue weighted by atomic mass is 10.0. The van der Waals surface area contributed by atoms with Crippen LogP contribution < -0.4 is 11.1 Å². The summed E-state index contributed by atoms with van der Waals surface area (Å²) in [5, 5.41) is 6.82. The van der Waals surface area contributed by atoms with Crippen molar-refractivity contribution in [3.8, 4) is 11.3 Å². The second kappa shape index (κ2) is 5.42. The van der Waals surface area contributed by atoms with Crippen LogP contribution in [0.2, 0.25) is 0 Å². The average molecular weight is 280 g/mol. The zero-order valence-corrected chi connectivity index (χ0v) is 11.0. The number of hydrogen-bond donors (Lipinski definition) is 2. The summed E-state index contributed by atoms with van der Waals surface area (Å²) in [6, 6.07) is 7.68. The number of nitrogens with two attached hydrogens (primary N) is 1. The Hall–Kier alpha value is -1.85. The number of nitrogens with zero attached hydrogens (tertiary/aromatic N) is 1. The Morgan fingerprint density at radius 2 is 2.26 bits per heavy atom. The molecule has 0 saturated heterocycles. The number of halogens is 1. The quantitative estimate of drug-likeness (QED) is 0.873. The van der Waals surface area contributed by atoms with Crippen molar-refractivity contribution in [2.45, 2.75) is 13.0 Å². The van der Waals surface area contributed by atoms with Crippen LogP contribution in [0, 0.1) is 0 Å². The molecule has 0 bridgehead atoms. The first-order valence-corrected chi connectivity index (χ1v) is 5.85. The lowest BCUT2D eigenvalue weighted by Crippen LogP contribution is -2.31. The minimum atomic E-state index is -0.120. The molecule has 0 atom stereocenters. The second-order valence-electron chi connectivity index (χ2n) is 4.24. The zero-order chi connectivity index (χ0) is 12.5. The van der Waals surface area contributed by atoms with Gasteiger partial charge < -0.3 is 15.6 Å². The number of nitrogens with one attached hydrogen (secondary N) is 1. The number of benzene rings is 1. The number of aromatic nitrogens is 1. The van der Waals surface area contributed by atoms with E-state index in [0.717, 1.165) is 11.1 Å². The van der Waals surface area contributed by atoms with Crippen LogP contribution >= 0.6 is 12.4 Å². The molecular formula is C13H14ClN3O2. The molecule has 1 aliphatic rings. The minimum absolute atomic E-state index is 0. The van der Waals surface area contributed by atoms with Gasteiger partial charge in [-0.3, -0.25) is 4.79 Å². The summed E-state index contributed by atoms with van der Waals surface area (Å²) in [7, 11) is 0. The lowest BCUT2D eigenvalue weighted by molar-refractivity contribution is 0.0943. The molecule has 2 aromatic rings. The fourth-order valence-electron chi connectivity index (χ4n) is 2.15. The maximum atomic E-state index is 11.9. The monoisotopic (exact) mass is 279 g/mol. The Morgan fingerprint density at radius 1 is 1.42 bits per heavy atom. The van der Waals surface area contributed by atoms with Gasteiger partial charge >= 0.3 is 0 Å². The molecule has 100 valence electrons. The SMILES string of the molecule is Cl.NCc1cccc(-c2noc3c2C(=O)NCC3)c1. The van der Waals surface area contributed by atoms with Crippen LogP contribution in [0.15, 0.2) is 28.8 Å². The highest BCUT2D eigenvalue weighted by Gasteiger charge is 2.26. The van der Waals surface area contributed by atoms with Crippen LogP contribution in [0.4, 0.5) is 0 Å². The molecule has 0 unspecified atom stereocenters. The third-order valence-corrected chi connectivity index (χ3v) is 3.06. The molecular weight excluding hydrogens is 266 g/mol. The molecule has 0 radical (unpaired) electrons. The van der Waals surface area contributed by atoms with E-state index in [9.17, 15) is 4.79 Å². The van der Waals surface area contributed by atoms with Crippen molar-refractivity contribution in [3.05, 3.63) is 41.2 Å². The third-order valence-electron chi connectivity index (χ3n) is 3.06. The van der Waals surface area contributed by atoms with Gasteiger partial charge in [-0.25, -0.2) is 0 Å². The summed E-state index contributed by atoms with van der Waals surface area (Å²) in [6.45, 7) is 1.06. The molecule has 3 N–H and O–H groups in total. The van der Waals surface area contributed by atoms with E-state index in [4.69, 9.17) is 10.3 Å². The second-order valence-corrected chi connectivity index (χ2v) is 4.24. The molecule has 0 spiro atoms. The van der Waals surface area contributed by atoms with Crippen molar-refractivity contribution in [1.29, 1.82) is 0 Å². The normalized spacial score (nSPS) is 13.4. The molecule has 1 amide bonds. The number of amides is 1. The van der Waals surface area contributed by atoms with Gasteiger partial charge in [-0.05, 0) is 11.6 Å². The molecule has 2 heterocycles. The van der Waals surface area contributed by atoms with Crippen molar-refractivity contribution in [2.24, 2.45) is 5.73 Å². The molecule has 0 aliphatic carbocycles. The van der Waals surface area contributed by atoms with Crippen LogP contribution in [0.25, 0.3) is 11.3 Å². The van der Waals surface area contributed by atoms with Gasteiger partial charge in [-0.2, -0.15) is 0 Å². The molecule has 6 heteroatoms. The average Bonchev–Trinajstić information content (AvgIpc) is 2.84. The summed E-state index contributed by atoms with van der Waals surface area (Å²) < 4.78 is 5.24. The number of carbonyl (C=O) groups is 1. The molecule has 1 aliphatic heterocycles. The molecule has 0 fully saturated rings. The van der Waals surface area contributed by atoms with Crippen LogP contribution in [0.1, 0.15) is 21.7 Å². The summed E-state index contributed by atoms with van der Waals surface area (Å²) in [6.07, 6.45) is 0.685. The molecule has 19 heavy (non-hydrogen) atoms. The highest BCUT2D eigenvalue weighted by molar-refractivity contribution is 6.01. The van der Waals surface area contributed by atoms with E-state index in [-0.39, 0.29) is 18.3 Å². The highest BCUT2D eigenvalue weighted by Crippen LogP contribution is 2.27. The molecule has 0 saturated carbocycles. The fourth-order valence-corrected chi connectivity index (χ4v) is 2.15. The fraction of sp³-hybridized carbons (Fsp3) is 0.231. The number of carbonyl (C=O) groups excluding carboxylic acids is 1. The van der Waals surface area contributed by atoms with E-state index in [1.54, 1.807) is 0 Å². The Bertz CT molecular complexity index is 610. The zero-order valence-electron chi connectivity index (χ0n) is 10.2. The minimum Gasteiger partial charge on any atom is -0.360 e. The molecule has 1 aromatic heterocycles. The topological polar surface area (TPSA) is 81.2 Å². The first-order chi connectivity index (χ1) is 8.79. The smallest absolute Gasteiger partial charge is 0.257 e. The summed E-state index contributed by atoms with van der Waals surface area (Å²) in [5.74, 6) is 0.539. The van der Waals surface area contributed by atoms with Gasteiger partial charge in [-0.1, -0.05) is 23.4 Å².